The van der Waals surface area contributed by atoms with Gasteiger partial charge in [0.15, 0.2) is 0 Å². The van der Waals surface area contributed by atoms with Crippen LogP contribution in [-0.2, 0) is 16.0 Å². The zero-order valence-corrected chi connectivity index (χ0v) is 15.5. The van der Waals surface area contributed by atoms with Crippen LogP contribution in [0.25, 0.3) is 0 Å². The number of rotatable bonds is 9. The maximum atomic E-state index is 12.5. The summed E-state index contributed by atoms with van der Waals surface area (Å²) in [6.45, 7) is 5.68. The van der Waals surface area contributed by atoms with Crippen molar-refractivity contribution in [3.05, 3.63) is 52.9 Å². The first-order chi connectivity index (χ1) is 12.4. The lowest BCUT2D eigenvalue weighted by Gasteiger charge is -2.20. The average Bonchev–Trinajstić information content (AvgIpc) is 2.92. The van der Waals surface area contributed by atoms with Gasteiger partial charge in [0, 0.05) is 24.4 Å². The molecule has 0 bridgehead atoms. The van der Waals surface area contributed by atoms with Crippen molar-refractivity contribution in [3.8, 4) is 0 Å². The van der Waals surface area contributed by atoms with Crippen molar-refractivity contribution in [2.75, 3.05) is 0 Å². The number of nitrogens with one attached hydrogen (secondary N) is 1. The molecule has 0 aliphatic rings. The fraction of sp³-hybridized carbons (Fsp3) is 0.450. The molecule has 6 heteroatoms. The predicted octanol–water partition coefficient (Wildman–Crippen LogP) is 3.38. The lowest BCUT2D eigenvalue weighted by Crippen LogP contribution is -2.37. The molecule has 0 aliphatic heterocycles. The van der Waals surface area contributed by atoms with Crippen molar-refractivity contribution < 1.29 is 19.2 Å². The quantitative estimate of drug-likeness (QED) is 0.717. The fourth-order valence-electron chi connectivity index (χ4n) is 3.28. The monoisotopic (exact) mass is 358 g/mol. The molecule has 0 radical (unpaired) electrons. The summed E-state index contributed by atoms with van der Waals surface area (Å²) in [5.41, 5.74) is 2.83. The Morgan fingerprint density at radius 3 is 2.50 bits per heavy atom. The summed E-state index contributed by atoms with van der Waals surface area (Å²) in [4.78, 5) is 23.4. The Bertz CT molecular complexity index is 720. The molecule has 2 unspecified atom stereocenters. The van der Waals surface area contributed by atoms with Crippen molar-refractivity contribution in [2.45, 2.75) is 58.4 Å². The van der Waals surface area contributed by atoms with Gasteiger partial charge in [-0.3, -0.25) is 9.59 Å². The number of aliphatic carboxylic acids is 1. The van der Waals surface area contributed by atoms with Crippen LogP contribution in [0, 0.1) is 13.8 Å². The first kappa shape index (κ1) is 19.7. The van der Waals surface area contributed by atoms with E-state index in [0.717, 1.165) is 22.6 Å². The smallest absolute Gasteiger partial charge is 0.303 e. The Hall–Kier alpha value is -2.63. The van der Waals surface area contributed by atoms with Crippen LogP contribution >= 0.6 is 0 Å². The minimum absolute atomic E-state index is 0.0156. The number of hydrogen-bond acceptors (Lipinski definition) is 4. The summed E-state index contributed by atoms with van der Waals surface area (Å²) in [5.74, 6) is -0.238. The average molecular weight is 358 g/mol. The molecule has 0 saturated heterocycles. The molecule has 2 atom stereocenters. The molecule has 0 spiro atoms. The second kappa shape index (κ2) is 9.17. The SMILES string of the molecule is Cc1noc(C)c1C(C)CC(=O)NC(CCC(=O)O)Cc1ccccc1. The standard InChI is InChI=1S/C20H26N2O4/c1-13(20-14(2)22-26-15(20)3)11-18(23)21-17(9-10-19(24)25)12-16-7-5-4-6-8-16/h4-8,13,17H,9-12H2,1-3H3,(H,21,23)(H,24,25). The van der Waals surface area contributed by atoms with Crippen LogP contribution in [0.5, 0.6) is 0 Å². The Morgan fingerprint density at radius 2 is 1.92 bits per heavy atom. The highest BCUT2D eigenvalue weighted by Crippen LogP contribution is 2.25. The lowest BCUT2D eigenvalue weighted by atomic mass is 9.95. The van der Waals surface area contributed by atoms with Gasteiger partial charge < -0.3 is 14.9 Å². The van der Waals surface area contributed by atoms with Gasteiger partial charge in [-0.25, -0.2) is 0 Å². The summed E-state index contributed by atoms with van der Waals surface area (Å²) in [5, 5.41) is 15.9. The van der Waals surface area contributed by atoms with E-state index >= 15 is 0 Å². The highest BCUT2D eigenvalue weighted by atomic mass is 16.5. The van der Waals surface area contributed by atoms with E-state index in [1.165, 1.54) is 0 Å². The van der Waals surface area contributed by atoms with Gasteiger partial charge in [-0.2, -0.15) is 0 Å². The lowest BCUT2D eigenvalue weighted by molar-refractivity contribution is -0.137. The van der Waals surface area contributed by atoms with Crippen LogP contribution in [0.15, 0.2) is 34.9 Å². The van der Waals surface area contributed by atoms with Crippen LogP contribution in [-0.4, -0.2) is 28.2 Å². The zero-order valence-electron chi connectivity index (χ0n) is 15.5. The van der Waals surface area contributed by atoms with Gasteiger partial charge >= 0.3 is 5.97 Å². The number of aryl methyl sites for hydroxylation is 2. The van der Waals surface area contributed by atoms with Crippen molar-refractivity contribution in [1.29, 1.82) is 0 Å². The van der Waals surface area contributed by atoms with Crippen molar-refractivity contribution >= 4 is 11.9 Å². The molecule has 140 valence electrons. The van der Waals surface area contributed by atoms with Gasteiger partial charge in [-0.05, 0) is 38.2 Å². The first-order valence-corrected chi connectivity index (χ1v) is 8.84. The normalized spacial score (nSPS) is 13.2. The van der Waals surface area contributed by atoms with E-state index in [0.29, 0.717) is 19.3 Å². The Morgan fingerprint density at radius 1 is 1.23 bits per heavy atom. The number of benzene rings is 1. The van der Waals surface area contributed by atoms with Gasteiger partial charge in [0.05, 0.1) is 5.69 Å². The van der Waals surface area contributed by atoms with E-state index in [2.05, 4.69) is 10.5 Å². The zero-order chi connectivity index (χ0) is 19.1. The number of carboxylic acids is 1. The van der Waals surface area contributed by atoms with Gasteiger partial charge in [0.25, 0.3) is 0 Å². The van der Waals surface area contributed by atoms with Crippen molar-refractivity contribution in [2.24, 2.45) is 0 Å². The topological polar surface area (TPSA) is 92.4 Å². The summed E-state index contributed by atoms with van der Waals surface area (Å²) in [6, 6.07) is 9.55. The van der Waals surface area contributed by atoms with E-state index < -0.39 is 5.97 Å². The maximum absolute atomic E-state index is 12.5. The Kier molecular flexibility index (Phi) is 6.95. The number of carbonyl (C=O) groups is 2. The number of amides is 1. The molecule has 1 aromatic heterocycles. The fourth-order valence-corrected chi connectivity index (χ4v) is 3.28. The highest BCUT2D eigenvalue weighted by Gasteiger charge is 2.21. The van der Waals surface area contributed by atoms with E-state index in [-0.39, 0.29) is 24.3 Å². The molecule has 6 nitrogen and oxygen atoms in total. The summed E-state index contributed by atoms with van der Waals surface area (Å²) >= 11 is 0. The minimum atomic E-state index is -0.860. The first-order valence-electron chi connectivity index (χ1n) is 8.84. The maximum Gasteiger partial charge on any atom is 0.303 e. The van der Waals surface area contributed by atoms with Crippen molar-refractivity contribution in [3.63, 3.8) is 0 Å². The highest BCUT2D eigenvalue weighted by molar-refractivity contribution is 5.77. The molecule has 1 amide bonds. The number of carbonyl (C=O) groups excluding carboxylic acids is 1. The minimum Gasteiger partial charge on any atom is -0.481 e. The second-order valence-corrected chi connectivity index (χ2v) is 6.73. The number of carboxylic acid groups (broad SMARTS) is 1. The molecule has 0 fully saturated rings. The molecule has 0 aliphatic carbocycles. The van der Waals surface area contributed by atoms with E-state index in [4.69, 9.17) is 9.63 Å². The molecule has 2 N–H and O–H groups in total. The third kappa shape index (κ3) is 5.72. The number of nitrogens with zero attached hydrogens (tertiary/aromatic N) is 1. The van der Waals surface area contributed by atoms with Crippen molar-refractivity contribution in [1.82, 2.24) is 10.5 Å². The third-order valence-corrected chi connectivity index (χ3v) is 4.47. The molecule has 1 heterocycles. The van der Waals surface area contributed by atoms with Gasteiger partial charge in [0.1, 0.15) is 5.76 Å². The van der Waals surface area contributed by atoms with E-state index in [1.54, 1.807) is 0 Å². The molecule has 0 saturated carbocycles. The molecular formula is C20H26N2O4. The van der Waals surface area contributed by atoms with Gasteiger partial charge in [-0.15, -0.1) is 0 Å². The largest absolute Gasteiger partial charge is 0.481 e. The molecule has 2 rings (SSSR count). The van der Waals surface area contributed by atoms with Crippen LogP contribution in [0.2, 0.25) is 0 Å². The van der Waals surface area contributed by atoms with Crippen LogP contribution < -0.4 is 5.32 Å². The van der Waals surface area contributed by atoms with E-state index in [9.17, 15) is 9.59 Å². The number of aromatic nitrogens is 1. The molecular weight excluding hydrogens is 332 g/mol. The molecule has 26 heavy (non-hydrogen) atoms. The Balaban J connectivity index is 1.99. The second-order valence-electron chi connectivity index (χ2n) is 6.73. The van der Waals surface area contributed by atoms with Crippen LogP contribution in [0.4, 0.5) is 0 Å². The summed E-state index contributed by atoms with van der Waals surface area (Å²) in [6.07, 6.45) is 1.34. The third-order valence-electron chi connectivity index (χ3n) is 4.47. The predicted molar refractivity (Wildman–Crippen MR) is 98.0 cm³/mol. The van der Waals surface area contributed by atoms with Crippen LogP contribution in [0.3, 0.4) is 0 Å². The summed E-state index contributed by atoms with van der Waals surface area (Å²) < 4.78 is 5.18. The molecule has 1 aromatic carbocycles. The van der Waals surface area contributed by atoms with E-state index in [1.807, 2.05) is 51.1 Å². The Labute approximate surface area is 153 Å². The summed E-state index contributed by atoms with van der Waals surface area (Å²) in [7, 11) is 0. The van der Waals surface area contributed by atoms with Gasteiger partial charge in [-0.1, -0.05) is 42.4 Å². The number of hydrogen-bond donors (Lipinski definition) is 2. The molecule has 2 aromatic rings. The van der Waals surface area contributed by atoms with Gasteiger partial charge in [0.2, 0.25) is 5.91 Å². The van der Waals surface area contributed by atoms with Crippen LogP contribution in [0.1, 0.15) is 54.7 Å².